The summed E-state index contributed by atoms with van der Waals surface area (Å²) < 4.78 is 0. The number of aryl methyl sites for hydroxylation is 1. The lowest BCUT2D eigenvalue weighted by Gasteiger charge is -2.27. The lowest BCUT2D eigenvalue weighted by atomic mass is 10.00. The van der Waals surface area contributed by atoms with Crippen LogP contribution in [-0.2, 0) is 0 Å². The minimum atomic E-state index is 1.16. The Bertz CT molecular complexity index is 1270. The van der Waals surface area contributed by atoms with E-state index in [1.54, 1.807) is 0 Å². The second kappa shape index (κ2) is 6.86. The van der Waals surface area contributed by atoms with Gasteiger partial charge < -0.3 is 4.90 Å². The summed E-state index contributed by atoms with van der Waals surface area (Å²) in [5.74, 6) is 0. The molecule has 134 valence electrons. The number of nitrogens with zero attached hydrogens (tertiary/aromatic N) is 1. The molecule has 0 aromatic heterocycles. The summed E-state index contributed by atoms with van der Waals surface area (Å²) in [6.07, 6.45) is 0. The van der Waals surface area contributed by atoms with Crippen LogP contribution in [0, 0.1) is 6.92 Å². The van der Waals surface area contributed by atoms with Crippen molar-refractivity contribution in [3.05, 3.63) is 115 Å². The van der Waals surface area contributed by atoms with Gasteiger partial charge >= 0.3 is 0 Å². The van der Waals surface area contributed by atoms with Crippen LogP contribution in [0.4, 0.5) is 17.1 Å². The standard InChI is InChI=1S/C27H21N/c1-20-9-7-13-23(19-20)28(22-11-3-2-4-12-22)27-16-8-15-25-24-14-6-5-10-21(24)17-18-26(25)27/h2-19H,1H3. The maximum Gasteiger partial charge on any atom is 0.0540 e. The number of anilines is 3. The molecule has 0 aliphatic heterocycles. The van der Waals surface area contributed by atoms with Crippen LogP contribution >= 0.6 is 0 Å². The molecule has 0 heterocycles. The number of hydrogen-bond acceptors (Lipinski definition) is 1. The first-order valence-corrected chi connectivity index (χ1v) is 9.63. The summed E-state index contributed by atoms with van der Waals surface area (Å²) >= 11 is 0. The highest BCUT2D eigenvalue weighted by molar-refractivity contribution is 6.12. The Kier molecular flexibility index (Phi) is 4.06. The lowest BCUT2D eigenvalue weighted by Crippen LogP contribution is -2.10. The van der Waals surface area contributed by atoms with E-state index in [1.807, 2.05) is 0 Å². The van der Waals surface area contributed by atoms with Crippen molar-refractivity contribution >= 4 is 38.6 Å². The highest BCUT2D eigenvalue weighted by atomic mass is 15.1. The minimum Gasteiger partial charge on any atom is -0.310 e. The van der Waals surface area contributed by atoms with Gasteiger partial charge in [-0.1, -0.05) is 78.9 Å². The van der Waals surface area contributed by atoms with Crippen LogP contribution in [0.1, 0.15) is 5.56 Å². The molecule has 0 aliphatic carbocycles. The van der Waals surface area contributed by atoms with Gasteiger partial charge in [-0.15, -0.1) is 0 Å². The van der Waals surface area contributed by atoms with Crippen molar-refractivity contribution in [1.82, 2.24) is 0 Å². The van der Waals surface area contributed by atoms with Crippen LogP contribution in [-0.4, -0.2) is 0 Å². The summed E-state index contributed by atoms with van der Waals surface area (Å²) in [5.41, 5.74) is 4.78. The lowest BCUT2D eigenvalue weighted by molar-refractivity contribution is 1.28. The molecular formula is C27H21N. The summed E-state index contributed by atoms with van der Waals surface area (Å²) in [4.78, 5) is 2.35. The Morgan fingerprint density at radius 3 is 2.07 bits per heavy atom. The SMILES string of the molecule is Cc1cccc(N(c2ccccc2)c2cccc3c2ccc2ccccc23)c1. The Labute approximate surface area is 165 Å². The first-order chi connectivity index (χ1) is 13.8. The van der Waals surface area contributed by atoms with Crippen LogP contribution in [0.5, 0.6) is 0 Å². The number of para-hydroxylation sites is 1. The van der Waals surface area contributed by atoms with E-state index in [9.17, 15) is 0 Å². The van der Waals surface area contributed by atoms with E-state index in [0.29, 0.717) is 0 Å². The molecule has 0 atom stereocenters. The third-order valence-electron chi connectivity index (χ3n) is 5.28. The fourth-order valence-corrected chi connectivity index (χ4v) is 3.99. The highest BCUT2D eigenvalue weighted by Crippen LogP contribution is 2.40. The summed E-state index contributed by atoms with van der Waals surface area (Å²) in [7, 11) is 0. The predicted octanol–water partition coefficient (Wildman–Crippen LogP) is 7.77. The number of hydrogen-bond donors (Lipinski definition) is 0. The van der Waals surface area contributed by atoms with E-state index >= 15 is 0 Å². The van der Waals surface area contributed by atoms with Gasteiger partial charge in [0.05, 0.1) is 5.69 Å². The molecule has 1 heteroatoms. The molecule has 28 heavy (non-hydrogen) atoms. The van der Waals surface area contributed by atoms with Gasteiger partial charge in [-0.05, 0) is 59.0 Å². The normalized spacial score (nSPS) is 11.0. The molecule has 5 aromatic carbocycles. The fourth-order valence-electron chi connectivity index (χ4n) is 3.99. The molecule has 0 amide bonds. The van der Waals surface area contributed by atoms with Crippen LogP contribution in [0.25, 0.3) is 21.5 Å². The zero-order chi connectivity index (χ0) is 18.9. The molecule has 0 unspecified atom stereocenters. The van der Waals surface area contributed by atoms with Crippen molar-refractivity contribution in [3.8, 4) is 0 Å². The molecule has 0 spiro atoms. The predicted molar refractivity (Wildman–Crippen MR) is 121 cm³/mol. The quantitative estimate of drug-likeness (QED) is 0.297. The van der Waals surface area contributed by atoms with Crippen LogP contribution in [0.2, 0.25) is 0 Å². The molecule has 0 saturated carbocycles. The van der Waals surface area contributed by atoms with Gasteiger partial charge in [-0.3, -0.25) is 0 Å². The van der Waals surface area contributed by atoms with Gasteiger partial charge in [0.15, 0.2) is 0 Å². The van der Waals surface area contributed by atoms with E-state index in [2.05, 4.69) is 121 Å². The molecule has 1 nitrogen and oxygen atoms in total. The van der Waals surface area contributed by atoms with Gasteiger partial charge in [0.2, 0.25) is 0 Å². The Balaban J connectivity index is 1.82. The molecule has 0 radical (unpaired) electrons. The first-order valence-electron chi connectivity index (χ1n) is 9.63. The van der Waals surface area contributed by atoms with Crippen molar-refractivity contribution in [3.63, 3.8) is 0 Å². The third kappa shape index (κ3) is 2.82. The van der Waals surface area contributed by atoms with Gasteiger partial charge in [0, 0.05) is 16.8 Å². The largest absolute Gasteiger partial charge is 0.310 e. The van der Waals surface area contributed by atoms with Gasteiger partial charge in [0.25, 0.3) is 0 Å². The topological polar surface area (TPSA) is 3.24 Å². The van der Waals surface area contributed by atoms with E-state index in [4.69, 9.17) is 0 Å². The Morgan fingerprint density at radius 2 is 1.21 bits per heavy atom. The van der Waals surface area contributed by atoms with Crippen LogP contribution in [0.15, 0.2) is 109 Å². The third-order valence-corrected chi connectivity index (χ3v) is 5.28. The zero-order valence-corrected chi connectivity index (χ0v) is 15.8. The molecule has 0 N–H and O–H groups in total. The van der Waals surface area contributed by atoms with E-state index in [1.165, 1.54) is 38.5 Å². The zero-order valence-electron chi connectivity index (χ0n) is 15.8. The monoisotopic (exact) mass is 359 g/mol. The number of fused-ring (bicyclic) bond motifs is 3. The van der Waals surface area contributed by atoms with Crippen molar-refractivity contribution in [2.24, 2.45) is 0 Å². The van der Waals surface area contributed by atoms with Crippen LogP contribution < -0.4 is 4.90 Å². The minimum absolute atomic E-state index is 1.16. The number of rotatable bonds is 3. The second-order valence-corrected chi connectivity index (χ2v) is 7.17. The average molecular weight is 359 g/mol. The van der Waals surface area contributed by atoms with Gasteiger partial charge in [0.1, 0.15) is 0 Å². The molecule has 0 aliphatic rings. The van der Waals surface area contributed by atoms with Crippen LogP contribution in [0.3, 0.4) is 0 Å². The molecular weight excluding hydrogens is 338 g/mol. The maximum atomic E-state index is 2.35. The first kappa shape index (κ1) is 16.6. The van der Waals surface area contributed by atoms with Crippen molar-refractivity contribution in [1.29, 1.82) is 0 Å². The summed E-state index contributed by atoms with van der Waals surface area (Å²) in [6.45, 7) is 2.14. The molecule has 0 bridgehead atoms. The van der Waals surface area contributed by atoms with Gasteiger partial charge in [-0.25, -0.2) is 0 Å². The smallest absolute Gasteiger partial charge is 0.0540 e. The van der Waals surface area contributed by atoms with E-state index < -0.39 is 0 Å². The maximum absolute atomic E-state index is 2.35. The van der Waals surface area contributed by atoms with E-state index in [0.717, 1.165) is 5.69 Å². The van der Waals surface area contributed by atoms with Crippen molar-refractivity contribution in [2.45, 2.75) is 6.92 Å². The van der Waals surface area contributed by atoms with E-state index in [-0.39, 0.29) is 0 Å². The highest BCUT2D eigenvalue weighted by Gasteiger charge is 2.15. The summed E-state index contributed by atoms with van der Waals surface area (Å²) in [5, 5.41) is 5.10. The van der Waals surface area contributed by atoms with Crippen molar-refractivity contribution in [2.75, 3.05) is 4.90 Å². The van der Waals surface area contributed by atoms with Gasteiger partial charge in [-0.2, -0.15) is 0 Å². The number of benzene rings is 5. The summed E-state index contributed by atoms with van der Waals surface area (Å²) in [6, 6.07) is 39.0. The molecule has 5 aromatic rings. The Morgan fingerprint density at radius 1 is 0.500 bits per heavy atom. The second-order valence-electron chi connectivity index (χ2n) is 7.17. The average Bonchev–Trinajstić information content (AvgIpc) is 2.75. The molecule has 0 fully saturated rings. The molecule has 5 rings (SSSR count). The molecule has 0 saturated heterocycles. The fraction of sp³-hybridized carbons (Fsp3) is 0.0370. The van der Waals surface area contributed by atoms with Crippen molar-refractivity contribution < 1.29 is 0 Å². The Hall–Kier alpha value is -3.58.